The highest BCUT2D eigenvalue weighted by Gasteiger charge is 2.32. The van der Waals surface area contributed by atoms with Crippen molar-refractivity contribution in [3.63, 3.8) is 0 Å². The maximum atomic E-state index is 12.1. The van der Waals surface area contributed by atoms with Crippen molar-refractivity contribution in [3.8, 4) is 0 Å². The Balaban J connectivity index is 2.00. The van der Waals surface area contributed by atoms with Crippen LogP contribution in [0, 0.1) is 5.92 Å². The summed E-state index contributed by atoms with van der Waals surface area (Å²) < 4.78 is 6.61. The number of carbonyl (C=O) groups excluding carboxylic acids is 1. The van der Waals surface area contributed by atoms with Gasteiger partial charge in [-0.15, -0.1) is 11.3 Å². The van der Waals surface area contributed by atoms with E-state index in [1.807, 2.05) is 11.4 Å². The number of Topliss-reactive ketones (excluding diaryl/α,β-unsaturated/α-hetero) is 1. The van der Waals surface area contributed by atoms with Gasteiger partial charge in [0.1, 0.15) is 5.78 Å². The molecule has 1 fully saturated rings. The number of hydrogen-bond donors (Lipinski definition) is 0. The highest BCUT2D eigenvalue weighted by Crippen LogP contribution is 2.29. The van der Waals surface area contributed by atoms with Crippen molar-refractivity contribution in [1.82, 2.24) is 0 Å². The number of hydrogen-bond acceptors (Lipinski definition) is 3. The van der Waals surface area contributed by atoms with E-state index < -0.39 is 0 Å². The van der Waals surface area contributed by atoms with Crippen LogP contribution in [-0.2, 0) is 16.0 Å². The molecular weight excluding hydrogens is 288 g/mol. The minimum atomic E-state index is 0.110. The number of rotatable bonds is 4. The number of ether oxygens (including phenoxy) is 1. The van der Waals surface area contributed by atoms with Gasteiger partial charge in [-0.2, -0.15) is 0 Å². The van der Waals surface area contributed by atoms with Crippen molar-refractivity contribution in [1.29, 1.82) is 0 Å². The molecule has 0 bridgehead atoms. The quantitative estimate of drug-likeness (QED) is 0.852. The summed E-state index contributed by atoms with van der Waals surface area (Å²) in [4.78, 5) is 13.3. The Bertz CT molecular complexity index is 375. The molecule has 0 saturated carbocycles. The summed E-state index contributed by atoms with van der Waals surface area (Å²) >= 11 is 5.10. The molecule has 2 nitrogen and oxygen atoms in total. The fourth-order valence-corrected chi connectivity index (χ4v) is 3.66. The average Bonchev–Trinajstić information content (AvgIpc) is 2.87. The second kappa shape index (κ2) is 5.43. The zero-order chi connectivity index (χ0) is 11.5. The summed E-state index contributed by atoms with van der Waals surface area (Å²) in [6.45, 7) is 2.82. The molecule has 1 aliphatic heterocycles. The van der Waals surface area contributed by atoms with Gasteiger partial charge < -0.3 is 4.74 Å². The third-order valence-corrected chi connectivity index (χ3v) is 4.98. The first-order chi connectivity index (χ1) is 7.72. The van der Waals surface area contributed by atoms with Gasteiger partial charge in [-0.05, 0) is 40.2 Å². The molecule has 0 spiro atoms. The predicted molar refractivity (Wildman–Crippen MR) is 68.9 cm³/mol. The van der Waals surface area contributed by atoms with Crippen molar-refractivity contribution < 1.29 is 9.53 Å². The van der Waals surface area contributed by atoms with E-state index in [1.54, 1.807) is 11.3 Å². The standard InChI is InChI=1S/C12H15BrO2S/c1-2-11-8(3-5-15-11)10(14)7-12-9(13)4-6-16-12/h4,6,8,11H,2-3,5,7H2,1H3. The lowest BCUT2D eigenvalue weighted by Gasteiger charge is -2.15. The van der Waals surface area contributed by atoms with Crippen LogP contribution in [0.15, 0.2) is 15.9 Å². The largest absolute Gasteiger partial charge is 0.377 e. The highest BCUT2D eigenvalue weighted by atomic mass is 79.9. The van der Waals surface area contributed by atoms with E-state index >= 15 is 0 Å². The molecule has 2 heterocycles. The van der Waals surface area contributed by atoms with Crippen molar-refractivity contribution in [2.45, 2.75) is 32.3 Å². The van der Waals surface area contributed by atoms with Crippen LogP contribution < -0.4 is 0 Å². The first kappa shape index (κ1) is 12.3. The molecule has 2 unspecified atom stereocenters. The number of thiophene rings is 1. The first-order valence-electron chi connectivity index (χ1n) is 5.58. The summed E-state index contributed by atoms with van der Waals surface area (Å²) in [7, 11) is 0. The molecule has 2 rings (SSSR count). The van der Waals surface area contributed by atoms with Crippen molar-refractivity contribution in [2.24, 2.45) is 5.92 Å². The monoisotopic (exact) mass is 302 g/mol. The van der Waals surface area contributed by atoms with Crippen molar-refractivity contribution >= 4 is 33.0 Å². The van der Waals surface area contributed by atoms with Crippen LogP contribution in [0.3, 0.4) is 0 Å². The third kappa shape index (κ3) is 2.55. The summed E-state index contributed by atoms with van der Waals surface area (Å²) in [5.74, 6) is 0.437. The van der Waals surface area contributed by atoms with Gasteiger partial charge in [-0.1, -0.05) is 6.92 Å². The van der Waals surface area contributed by atoms with E-state index in [0.717, 1.165) is 28.8 Å². The maximum absolute atomic E-state index is 12.1. The zero-order valence-electron chi connectivity index (χ0n) is 9.24. The third-order valence-electron chi connectivity index (χ3n) is 3.05. The topological polar surface area (TPSA) is 26.3 Å². The molecule has 0 radical (unpaired) electrons. The summed E-state index contributed by atoms with van der Waals surface area (Å²) in [6.07, 6.45) is 2.51. The fourth-order valence-electron chi connectivity index (χ4n) is 2.16. The number of ketones is 1. The first-order valence-corrected chi connectivity index (χ1v) is 7.25. The van der Waals surface area contributed by atoms with Crippen LogP contribution in [0.1, 0.15) is 24.6 Å². The SMILES string of the molecule is CCC1OCCC1C(=O)Cc1sccc1Br. The second-order valence-corrected chi connectivity index (χ2v) is 5.90. The van der Waals surface area contributed by atoms with E-state index in [2.05, 4.69) is 22.9 Å². The van der Waals surface area contributed by atoms with E-state index in [4.69, 9.17) is 4.74 Å². The van der Waals surface area contributed by atoms with Crippen LogP contribution in [0.4, 0.5) is 0 Å². The molecule has 0 N–H and O–H groups in total. The Morgan fingerprint density at radius 2 is 2.50 bits per heavy atom. The molecule has 16 heavy (non-hydrogen) atoms. The van der Waals surface area contributed by atoms with Crippen molar-refractivity contribution in [3.05, 3.63) is 20.8 Å². The minimum Gasteiger partial charge on any atom is -0.377 e. The van der Waals surface area contributed by atoms with E-state index in [9.17, 15) is 4.79 Å². The number of halogens is 1. The van der Waals surface area contributed by atoms with Gasteiger partial charge in [-0.3, -0.25) is 4.79 Å². The van der Waals surface area contributed by atoms with E-state index in [0.29, 0.717) is 12.2 Å². The van der Waals surface area contributed by atoms with Crippen LogP contribution >= 0.6 is 27.3 Å². The normalized spacial score (nSPS) is 24.9. The Morgan fingerprint density at radius 3 is 3.12 bits per heavy atom. The van der Waals surface area contributed by atoms with Crippen LogP contribution in [-0.4, -0.2) is 18.5 Å². The smallest absolute Gasteiger partial charge is 0.143 e. The van der Waals surface area contributed by atoms with Gasteiger partial charge in [-0.25, -0.2) is 0 Å². The molecule has 0 amide bonds. The molecule has 88 valence electrons. The lowest BCUT2D eigenvalue weighted by atomic mass is 9.93. The highest BCUT2D eigenvalue weighted by molar-refractivity contribution is 9.10. The Kier molecular flexibility index (Phi) is 4.16. The Morgan fingerprint density at radius 1 is 1.69 bits per heavy atom. The van der Waals surface area contributed by atoms with Gasteiger partial charge in [0.2, 0.25) is 0 Å². The Hall–Kier alpha value is -0.190. The van der Waals surface area contributed by atoms with E-state index in [1.165, 1.54) is 0 Å². The van der Waals surface area contributed by atoms with Gasteiger partial charge in [0.05, 0.1) is 6.10 Å². The van der Waals surface area contributed by atoms with Gasteiger partial charge in [0.15, 0.2) is 0 Å². The summed E-state index contributed by atoms with van der Waals surface area (Å²) in [5.41, 5.74) is 0. The molecule has 1 aliphatic rings. The number of carbonyl (C=O) groups is 1. The molecule has 2 atom stereocenters. The van der Waals surface area contributed by atoms with Crippen LogP contribution in [0.5, 0.6) is 0 Å². The predicted octanol–water partition coefficient (Wildman–Crippen LogP) is 3.44. The minimum absolute atomic E-state index is 0.110. The molecule has 0 aromatic carbocycles. The second-order valence-electron chi connectivity index (χ2n) is 4.05. The molecule has 1 aromatic rings. The van der Waals surface area contributed by atoms with Gasteiger partial charge >= 0.3 is 0 Å². The molecular formula is C12H15BrO2S. The lowest BCUT2D eigenvalue weighted by molar-refractivity contribution is -0.123. The van der Waals surface area contributed by atoms with Crippen LogP contribution in [0.25, 0.3) is 0 Å². The van der Waals surface area contributed by atoms with E-state index in [-0.39, 0.29) is 12.0 Å². The van der Waals surface area contributed by atoms with Crippen molar-refractivity contribution in [2.75, 3.05) is 6.61 Å². The lowest BCUT2D eigenvalue weighted by Crippen LogP contribution is -2.24. The Labute approximate surface area is 108 Å². The summed E-state index contributed by atoms with van der Waals surface area (Å²) in [6, 6.07) is 2.00. The fraction of sp³-hybridized carbons (Fsp3) is 0.583. The van der Waals surface area contributed by atoms with Gasteiger partial charge in [0.25, 0.3) is 0 Å². The average molecular weight is 303 g/mol. The van der Waals surface area contributed by atoms with Crippen LogP contribution in [0.2, 0.25) is 0 Å². The molecule has 1 saturated heterocycles. The maximum Gasteiger partial charge on any atom is 0.143 e. The summed E-state index contributed by atoms with van der Waals surface area (Å²) in [5, 5.41) is 2.01. The van der Waals surface area contributed by atoms with Gasteiger partial charge in [0, 0.05) is 28.3 Å². The zero-order valence-corrected chi connectivity index (χ0v) is 11.6. The molecule has 1 aromatic heterocycles. The molecule has 0 aliphatic carbocycles. The molecule has 4 heteroatoms.